The van der Waals surface area contributed by atoms with Gasteiger partial charge in [0.1, 0.15) is 44.0 Å². The molecule has 0 aromatic heterocycles. The van der Waals surface area contributed by atoms with Gasteiger partial charge in [-0.05, 0) is 108 Å². The molecule has 0 aliphatic carbocycles. The number of rotatable bonds is 12. The second-order valence-electron chi connectivity index (χ2n) is 15.4. The third-order valence-corrected chi connectivity index (χ3v) is 13.2. The number of hydrogen-bond donors (Lipinski definition) is 4. The molecule has 0 atom stereocenters. The molecule has 23 heteroatoms. The van der Waals surface area contributed by atoms with Crippen LogP contribution in [-0.2, 0) is 37.3 Å². The SMILES string of the molecule is COc1ccccc1N=C([O-])c1cc2ccccc2c(N=Nc2cc(Cl)c(C)cc2S(=O)(=O)O)c1[O-].COc1ccccc1NC(=O)c1cc2ccccc2c(N=Nc2cc(Cl)c(C)cc2S(=O)(=O)O)c1O.[Mn+2]. The average molecular weight is 1100 g/mol. The van der Waals surface area contributed by atoms with Crippen LogP contribution in [0.25, 0.3) is 21.5 Å². The molecule has 0 heterocycles. The summed E-state index contributed by atoms with van der Waals surface area (Å²) in [5.74, 6) is -1.89. The summed E-state index contributed by atoms with van der Waals surface area (Å²) >= 11 is 12.2. The van der Waals surface area contributed by atoms with E-state index in [0.29, 0.717) is 49.9 Å². The van der Waals surface area contributed by atoms with E-state index in [1.54, 1.807) is 111 Å². The van der Waals surface area contributed by atoms with Crippen LogP contribution in [0.5, 0.6) is 23.0 Å². The Bertz CT molecular complexity index is 3790. The molecule has 0 aliphatic rings. The molecule has 73 heavy (non-hydrogen) atoms. The number of carbonyl (C=O) groups excluding carboxylic acids is 1. The normalized spacial score (nSPS) is 11.9. The number of nitrogens with zero attached hydrogens (tertiary/aromatic N) is 5. The van der Waals surface area contributed by atoms with E-state index in [9.17, 15) is 46.1 Å². The van der Waals surface area contributed by atoms with Crippen LogP contribution in [0, 0.1) is 13.8 Å². The fourth-order valence-electron chi connectivity index (χ4n) is 7.06. The Kier molecular flexibility index (Phi) is 17.3. The van der Waals surface area contributed by atoms with Gasteiger partial charge in [-0.1, -0.05) is 102 Å². The smallest absolute Gasteiger partial charge is 0.871 e. The van der Waals surface area contributed by atoms with Crippen LogP contribution in [0.1, 0.15) is 27.0 Å². The van der Waals surface area contributed by atoms with Gasteiger partial charge in [0.25, 0.3) is 26.1 Å². The van der Waals surface area contributed by atoms with Gasteiger partial charge in [-0.25, -0.2) is 0 Å². The van der Waals surface area contributed by atoms with Gasteiger partial charge in [0.15, 0.2) is 5.75 Å². The van der Waals surface area contributed by atoms with Crippen molar-refractivity contribution < 1.29 is 72.6 Å². The van der Waals surface area contributed by atoms with Gasteiger partial charge in [-0.15, -0.1) is 15.3 Å². The number of amides is 1. The van der Waals surface area contributed by atoms with Crippen molar-refractivity contribution in [2.45, 2.75) is 23.6 Å². The quantitative estimate of drug-likeness (QED) is 0.0292. The third-order valence-electron chi connectivity index (χ3n) is 10.7. The Morgan fingerprint density at radius 3 is 1.59 bits per heavy atom. The van der Waals surface area contributed by atoms with Crippen LogP contribution in [0.15, 0.2) is 169 Å². The number of phenols is 1. The molecule has 0 saturated carbocycles. The number of aliphatic imine (C=N–C) groups is 1. The number of nitrogens with one attached hydrogen (secondary N) is 1. The number of benzene rings is 8. The molecule has 0 saturated heterocycles. The Hall–Kier alpha value is -7.46. The Balaban J connectivity index is 0.000000235. The zero-order valence-corrected chi connectivity index (χ0v) is 42.7. The summed E-state index contributed by atoms with van der Waals surface area (Å²) in [5.41, 5.74) is 0.306. The maximum Gasteiger partial charge on any atom is 2.00 e. The van der Waals surface area contributed by atoms with Crippen LogP contribution in [-0.4, -0.2) is 57.1 Å². The standard InChI is InChI=1S/2C25H20ClN3O6S.Mn/c2*1-14-11-22(36(32,33)34)20(13-18(14)26)28-29-23-16-8-4-3-7-15(16)12-17(24(23)30)25(31)27-19-9-5-6-10-21(19)35-2;/h2*3-13,30H,1-2H3,(H,27,31)(H,32,33,34);/q;;+2/p-2. The fraction of sp³-hybridized carbons (Fsp3) is 0.0800. The van der Waals surface area contributed by atoms with Crippen molar-refractivity contribution in [2.75, 3.05) is 19.5 Å². The van der Waals surface area contributed by atoms with Crippen LogP contribution in [0.3, 0.4) is 0 Å². The Labute approximate surface area is 438 Å². The molecule has 8 aromatic rings. The van der Waals surface area contributed by atoms with Crippen molar-refractivity contribution in [1.29, 1.82) is 0 Å². The van der Waals surface area contributed by atoms with Crippen molar-refractivity contribution in [1.82, 2.24) is 0 Å². The summed E-state index contributed by atoms with van der Waals surface area (Å²) in [6, 6.07) is 34.6. The molecule has 0 bridgehead atoms. The molecule has 18 nitrogen and oxygen atoms in total. The average Bonchev–Trinajstić information content (AvgIpc) is 3.34. The number of aromatic hydroxyl groups is 1. The van der Waals surface area contributed by atoms with E-state index >= 15 is 0 Å². The van der Waals surface area contributed by atoms with Crippen molar-refractivity contribution in [3.63, 3.8) is 0 Å². The largest absolute Gasteiger partial charge is 2.00 e. The fourth-order valence-corrected chi connectivity index (χ4v) is 8.75. The van der Waals surface area contributed by atoms with Gasteiger partial charge in [0, 0.05) is 20.8 Å². The predicted molar refractivity (Wildman–Crippen MR) is 270 cm³/mol. The summed E-state index contributed by atoms with van der Waals surface area (Å²) in [7, 11) is -6.41. The molecule has 373 valence electrons. The number of ether oxygens (including phenoxy) is 2. The van der Waals surface area contributed by atoms with Crippen LogP contribution in [0.4, 0.5) is 34.1 Å². The first kappa shape index (κ1) is 54.9. The van der Waals surface area contributed by atoms with E-state index in [-0.39, 0.29) is 66.7 Å². The van der Waals surface area contributed by atoms with E-state index in [0.717, 1.165) is 6.07 Å². The van der Waals surface area contributed by atoms with E-state index in [1.807, 2.05) is 0 Å². The number of azo groups is 2. The van der Waals surface area contributed by atoms with Crippen molar-refractivity contribution in [2.24, 2.45) is 25.4 Å². The predicted octanol–water partition coefficient (Wildman–Crippen LogP) is 11.4. The maximum absolute atomic E-state index is 13.3. The van der Waals surface area contributed by atoms with Gasteiger partial charge < -0.3 is 30.1 Å². The van der Waals surface area contributed by atoms with Crippen molar-refractivity contribution in [3.8, 4) is 23.0 Å². The zero-order chi connectivity index (χ0) is 52.1. The molecule has 4 N–H and O–H groups in total. The molecule has 0 fully saturated rings. The van der Waals surface area contributed by atoms with E-state index in [4.69, 9.17) is 32.7 Å². The van der Waals surface area contributed by atoms with Crippen molar-refractivity contribution in [3.05, 3.63) is 166 Å². The molecule has 8 rings (SSSR count). The number of para-hydroxylation sites is 4. The zero-order valence-electron chi connectivity index (χ0n) is 38.4. The first-order chi connectivity index (χ1) is 34.2. The minimum Gasteiger partial charge on any atom is -0.871 e. The Morgan fingerprint density at radius 1 is 0.603 bits per heavy atom. The minimum atomic E-state index is -4.66. The number of carbonyl (C=O) groups is 1. The first-order valence-electron chi connectivity index (χ1n) is 20.9. The molecule has 0 unspecified atom stereocenters. The third kappa shape index (κ3) is 12.4. The monoisotopic (exact) mass is 1100 g/mol. The van der Waals surface area contributed by atoms with Gasteiger partial charge in [0.05, 0.1) is 31.2 Å². The van der Waals surface area contributed by atoms with Crippen LogP contribution >= 0.6 is 23.2 Å². The number of phenolic OH excluding ortho intramolecular Hbond substituents is 1. The molecular weight excluding hydrogens is 1070 g/mol. The van der Waals surface area contributed by atoms with Crippen molar-refractivity contribution >= 4 is 111 Å². The molecule has 8 aromatic carbocycles. The second kappa shape index (κ2) is 23.0. The van der Waals surface area contributed by atoms with E-state index in [2.05, 4.69) is 30.8 Å². The Morgan fingerprint density at radius 2 is 1.05 bits per heavy atom. The number of hydrogen-bond acceptors (Lipinski definition) is 15. The number of anilines is 1. The molecular formula is C50H38Cl2MnN6O12S2. The number of aryl methyl sites for hydroxylation is 2. The number of halogens is 2. The summed E-state index contributed by atoms with van der Waals surface area (Å²) in [4.78, 5) is 16.1. The van der Waals surface area contributed by atoms with Crippen LogP contribution in [0.2, 0.25) is 10.0 Å². The molecule has 0 spiro atoms. The molecule has 1 radical (unpaired) electrons. The minimum absolute atomic E-state index is 0. The summed E-state index contributed by atoms with van der Waals surface area (Å²) < 4.78 is 77.2. The van der Waals surface area contributed by atoms with Gasteiger partial charge >= 0.3 is 17.1 Å². The summed E-state index contributed by atoms with van der Waals surface area (Å²) in [6.45, 7) is 3.13. The second-order valence-corrected chi connectivity index (χ2v) is 19.0. The van der Waals surface area contributed by atoms with E-state index < -0.39 is 53.3 Å². The van der Waals surface area contributed by atoms with Gasteiger partial charge in [-0.2, -0.15) is 21.9 Å². The van der Waals surface area contributed by atoms with Crippen LogP contribution < -0.4 is 25.0 Å². The van der Waals surface area contributed by atoms with E-state index in [1.165, 1.54) is 44.6 Å². The molecule has 1 amide bonds. The summed E-state index contributed by atoms with van der Waals surface area (Å²) in [5, 5.41) is 58.3. The first-order valence-corrected chi connectivity index (χ1v) is 24.5. The summed E-state index contributed by atoms with van der Waals surface area (Å²) in [6.07, 6.45) is 0. The number of fused-ring (bicyclic) bond motifs is 2. The van der Waals surface area contributed by atoms with Gasteiger partial charge in [-0.3, -0.25) is 18.9 Å². The molecule has 0 aliphatic heterocycles. The number of methoxy groups -OCH3 is 2. The topological polar surface area (TPSA) is 284 Å². The maximum atomic E-state index is 13.3. The van der Waals surface area contributed by atoms with Gasteiger partial charge in [0.2, 0.25) is 0 Å².